The van der Waals surface area contributed by atoms with Crippen molar-refractivity contribution in [3.05, 3.63) is 30.1 Å². The molecule has 0 spiro atoms. The van der Waals surface area contributed by atoms with Crippen molar-refractivity contribution in [1.82, 2.24) is 35.2 Å². The van der Waals surface area contributed by atoms with E-state index >= 15 is 0 Å². The van der Waals surface area contributed by atoms with Crippen LogP contribution in [0.25, 0.3) is 5.69 Å². The second-order valence-electron chi connectivity index (χ2n) is 5.16. The number of nitrogen functional groups attached to an aromatic ring is 1. The third-order valence-electron chi connectivity index (χ3n) is 3.18. The Kier molecular flexibility index (Phi) is 4.93. The van der Waals surface area contributed by atoms with Gasteiger partial charge in [0.15, 0.2) is 0 Å². The minimum absolute atomic E-state index is 0.184. The van der Waals surface area contributed by atoms with Crippen molar-refractivity contribution in [2.24, 2.45) is 0 Å². The second kappa shape index (κ2) is 7.30. The number of anilines is 2. The SMILES string of the molecule is COc1ccc(-n2nnnc2SCc2nc(N)nc(N(C)C)n2)cc1. The highest BCUT2D eigenvalue weighted by Gasteiger charge is 2.12. The van der Waals surface area contributed by atoms with E-state index in [4.69, 9.17) is 10.5 Å². The van der Waals surface area contributed by atoms with E-state index in [-0.39, 0.29) is 5.95 Å². The zero-order valence-electron chi connectivity index (χ0n) is 14.0. The average molecular weight is 359 g/mol. The molecule has 11 heteroatoms. The Morgan fingerprint density at radius 3 is 2.60 bits per heavy atom. The molecule has 3 aromatic rings. The van der Waals surface area contributed by atoms with E-state index < -0.39 is 0 Å². The fourth-order valence-corrected chi connectivity index (χ4v) is 2.72. The van der Waals surface area contributed by atoms with Gasteiger partial charge in [0.25, 0.3) is 0 Å². The summed E-state index contributed by atoms with van der Waals surface area (Å²) >= 11 is 1.41. The van der Waals surface area contributed by atoms with Crippen LogP contribution < -0.4 is 15.4 Å². The molecule has 0 fully saturated rings. The quantitative estimate of drug-likeness (QED) is 0.632. The summed E-state index contributed by atoms with van der Waals surface area (Å²) in [6, 6.07) is 7.46. The summed E-state index contributed by atoms with van der Waals surface area (Å²) in [4.78, 5) is 14.4. The van der Waals surface area contributed by atoms with E-state index in [1.54, 1.807) is 16.7 Å². The van der Waals surface area contributed by atoms with Crippen LogP contribution in [0, 0.1) is 0 Å². The van der Waals surface area contributed by atoms with Gasteiger partial charge in [-0.15, -0.1) is 5.10 Å². The summed E-state index contributed by atoms with van der Waals surface area (Å²) in [5.41, 5.74) is 6.57. The molecular weight excluding hydrogens is 342 g/mol. The molecule has 25 heavy (non-hydrogen) atoms. The number of aromatic nitrogens is 7. The standard InChI is InChI=1S/C14H17N9OS/c1-22(2)13-17-11(16-12(15)18-13)8-25-14-19-20-21-23(14)9-4-6-10(24-3)7-5-9/h4-7H,8H2,1-3H3,(H2,15,16,17,18). The maximum Gasteiger partial charge on any atom is 0.229 e. The zero-order chi connectivity index (χ0) is 17.8. The zero-order valence-corrected chi connectivity index (χ0v) is 14.8. The van der Waals surface area contributed by atoms with Crippen molar-refractivity contribution < 1.29 is 4.74 Å². The molecule has 1 aromatic carbocycles. The molecule has 0 aliphatic carbocycles. The number of nitrogens with zero attached hydrogens (tertiary/aromatic N) is 8. The highest BCUT2D eigenvalue weighted by atomic mass is 32.2. The molecule has 10 nitrogen and oxygen atoms in total. The summed E-state index contributed by atoms with van der Waals surface area (Å²) in [6.45, 7) is 0. The molecule has 2 aromatic heterocycles. The molecule has 0 aliphatic rings. The van der Waals surface area contributed by atoms with Crippen molar-refractivity contribution in [2.75, 3.05) is 31.8 Å². The fraction of sp³-hybridized carbons (Fsp3) is 0.286. The Balaban J connectivity index is 1.77. The van der Waals surface area contributed by atoms with E-state index in [1.165, 1.54) is 11.8 Å². The average Bonchev–Trinajstić information content (AvgIpc) is 3.08. The van der Waals surface area contributed by atoms with E-state index in [0.717, 1.165) is 11.4 Å². The normalized spacial score (nSPS) is 10.7. The van der Waals surface area contributed by atoms with Gasteiger partial charge in [0.05, 0.1) is 18.6 Å². The number of hydrogen-bond acceptors (Lipinski definition) is 10. The van der Waals surface area contributed by atoms with Crippen LogP contribution in [0.5, 0.6) is 5.75 Å². The summed E-state index contributed by atoms with van der Waals surface area (Å²) in [6.07, 6.45) is 0. The largest absolute Gasteiger partial charge is 0.497 e. The molecule has 3 rings (SSSR count). The number of hydrogen-bond donors (Lipinski definition) is 1. The summed E-state index contributed by atoms with van der Waals surface area (Å²) in [5.74, 6) is 2.49. The number of rotatable bonds is 6. The van der Waals surface area contributed by atoms with Gasteiger partial charge in [-0.3, -0.25) is 0 Å². The molecule has 0 radical (unpaired) electrons. The summed E-state index contributed by atoms with van der Waals surface area (Å²) in [5, 5.41) is 12.4. The molecule has 0 atom stereocenters. The molecule has 0 saturated carbocycles. The van der Waals surface area contributed by atoms with Crippen LogP contribution in [0.4, 0.5) is 11.9 Å². The van der Waals surface area contributed by atoms with Crippen LogP contribution >= 0.6 is 11.8 Å². The lowest BCUT2D eigenvalue weighted by Crippen LogP contribution is -2.16. The molecule has 0 amide bonds. The van der Waals surface area contributed by atoms with Gasteiger partial charge in [-0.2, -0.15) is 19.6 Å². The van der Waals surface area contributed by atoms with Crippen molar-refractivity contribution in [1.29, 1.82) is 0 Å². The second-order valence-corrected chi connectivity index (χ2v) is 6.11. The molecule has 0 saturated heterocycles. The van der Waals surface area contributed by atoms with Crippen LogP contribution in [0.3, 0.4) is 0 Å². The van der Waals surface area contributed by atoms with Crippen molar-refractivity contribution in [3.63, 3.8) is 0 Å². The first-order valence-electron chi connectivity index (χ1n) is 7.30. The monoisotopic (exact) mass is 359 g/mol. The van der Waals surface area contributed by atoms with Gasteiger partial charge in [0.2, 0.25) is 17.1 Å². The first-order chi connectivity index (χ1) is 12.1. The van der Waals surface area contributed by atoms with Crippen LogP contribution in [0.1, 0.15) is 5.82 Å². The minimum Gasteiger partial charge on any atom is -0.497 e. The Labute approximate surface area is 148 Å². The number of nitrogens with two attached hydrogens (primary N) is 1. The highest BCUT2D eigenvalue weighted by molar-refractivity contribution is 7.98. The van der Waals surface area contributed by atoms with Gasteiger partial charge in [0.1, 0.15) is 11.6 Å². The lowest BCUT2D eigenvalue weighted by Gasteiger charge is -2.11. The van der Waals surface area contributed by atoms with Gasteiger partial charge in [-0.05, 0) is 34.7 Å². The van der Waals surface area contributed by atoms with Gasteiger partial charge >= 0.3 is 0 Å². The fourth-order valence-electron chi connectivity index (χ4n) is 1.97. The van der Waals surface area contributed by atoms with Gasteiger partial charge in [-0.25, -0.2) is 0 Å². The molecule has 0 aliphatic heterocycles. The smallest absolute Gasteiger partial charge is 0.229 e. The predicted octanol–water partition coefficient (Wildman–Crippen LogP) is 0.796. The summed E-state index contributed by atoms with van der Waals surface area (Å²) < 4.78 is 6.80. The summed E-state index contributed by atoms with van der Waals surface area (Å²) in [7, 11) is 5.31. The predicted molar refractivity (Wildman–Crippen MR) is 93.8 cm³/mol. The van der Waals surface area contributed by atoms with E-state index in [9.17, 15) is 0 Å². The van der Waals surface area contributed by atoms with Crippen LogP contribution in [0.15, 0.2) is 29.4 Å². The first kappa shape index (κ1) is 16.9. The maximum absolute atomic E-state index is 5.74. The third-order valence-corrected chi connectivity index (χ3v) is 4.09. The highest BCUT2D eigenvalue weighted by Crippen LogP contribution is 2.23. The molecule has 0 bridgehead atoms. The number of benzene rings is 1. The van der Waals surface area contributed by atoms with Crippen LogP contribution in [0.2, 0.25) is 0 Å². The Morgan fingerprint density at radius 2 is 1.92 bits per heavy atom. The number of thioether (sulfide) groups is 1. The molecule has 130 valence electrons. The third kappa shape index (κ3) is 3.94. The number of methoxy groups -OCH3 is 1. The van der Waals surface area contributed by atoms with Crippen molar-refractivity contribution >= 4 is 23.7 Å². The van der Waals surface area contributed by atoms with Gasteiger partial charge < -0.3 is 15.4 Å². The van der Waals surface area contributed by atoms with Crippen LogP contribution in [-0.4, -0.2) is 56.4 Å². The Morgan fingerprint density at radius 1 is 1.16 bits per heavy atom. The van der Waals surface area contributed by atoms with E-state index in [2.05, 4.69) is 30.5 Å². The van der Waals surface area contributed by atoms with Gasteiger partial charge in [0, 0.05) is 14.1 Å². The lowest BCUT2D eigenvalue weighted by atomic mass is 10.3. The van der Waals surface area contributed by atoms with Crippen molar-refractivity contribution in [2.45, 2.75) is 10.9 Å². The molecule has 2 heterocycles. The van der Waals surface area contributed by atoms with E-state index in [0.29, 0.717) is 22.7 Å². The number of tetrazole rings is 1. The van der Waals surface area contributed by atoms with E-state index in [1.807, 2.05) is 38.4 Å². The molecule has 0 unspecified atom stereocenters. The maximum atomic E-state index is 5.74. The topological polar surface area (TPSA) is 121 Å². The first-order valence-corrected chi connectivity index (χ1v) is 8.28. The lowest BCUT2D eigenvalue weighted by molar-refractivity contribution is 0.414. The Bertz CT molecular complexity index is 850. The number of ether oxygens (including phenoxy) is 1. The minimum atomic E-state index is 0.184. The molecule has 2 N–H and O–H groups in total. The molecular formula is C14H17N9OS. The van der Waals surface area contributed by atoms with Crippen LogP contribution in [-0.2, 0) is 5.75 Å². The van der Waals surface area contributed by atoms with Gasteiger partial charge in [-0.1, -0.05) is 11.8 Å². The Hall–Kier alpha value is -2.95. The van der Waals surface area contributed by atoms with Crippen molar-refractivity contribution in [3.8, 4) is 11.4 Å².